The first kappa shape index (κ1) is 26.6. The van der Waals surface area contributed by atoms with Gasteiger partial charge in [0.05, 0.1) is 5.25 Å². The highest BCUT2D eigenvalue weighted by Crippen LogP contribution is 2.30. The maximum atomic E-state index is 13.7. The van der Waals surface area contributed by atoms with Crippen molar-refractivity contribution in [1.82, 2.24) is 15.5 Å². The second-order valence-electron chi connectivity index (χ2n) is 9.45. The van der Waals surface area contributed by atoms with Gasteiger partial charge in [-0.25, -0.2) is 0 Å². The summed E-state index contributed by atoms with van der Waals surface area (Å²) >= 11 is 4.52. The zero-order chi connectivity index (χ0) is 25.5. The molecule has 1 aliphatic heterocycles. The van der Waals surface area contributed by atoms with Crippen molar-refractivity contribution >= 4 is 30.4 Å². The van der Waals surface area contributed by atoms with Crippen LogP contribution in [0.4, 0.5) is 0 Å². The number of carbonyl (C=O) groups excluding carboxylic acids is 3. The zero-order valence-corrected chi connectivity index (χ0v) is 21.4. The van der Waals surface area contributed by atoms with Gasteiger partial charge < -0.3 is 20.6 Å². The molecule has 4 atom stereocenters. The van der Waals surface area contributed by atoms with Crippen LogP contribution >= 0.6 is 12.6 Å². The second kappa shape index (κ2) is 12.1. The lowest BCUT2D eigenvalue weighted by molar-refractivity contribution is -0.140. The van der Waals surface area contributed by atoms with E-state index in [0.29, 0.717) is 19.4 Å². The summed E-state index contributed by atoms with van der Waals surface area (Å²) in [5.41, 5.74) is 1.90. The fourth-order valence-electron chi connectivity index (χ4n) is 4.55. The Morgan fingerprint density at radius 3 is 2.31 bits per heavy atom. The van der Waals surface area contributed by atoms with Gasteiger partial charge >= 0.3 is 0 Å². The smallest absolute Gasteiger partial charge is 0.243 e. The number of nitrogens with one attached hydrogen (secondary N) is 2. The van der Waals surface area contributed by atoms with Crippen LogP contribution in [-0.2, 0) is 27.2 Å². The van der Waals surface area contributed by atoms with E-state index in [-0.39, 0.29) is 41.7 Å². The van der Waals surface area contributed by atoms with Crippen LogP contribution in [0.1, 0.15) is 31.4 Å². The third kappa shape index (κ3) is 6.78. The van der Waals surface area contributed by atoms with Gasteiger partial charge in [0.2, 0.25) is 17.7 Å². The molecule has 2 aromatic rings. The summed E-state index contributed by atoms with van der Waals surface area (Å²) in [6.07, 6.45) is 1.61. The quantitative estimate of drug-likeness (QED) is 0.400. The summed E-state index contributed by atoms with van der Waals surface area (Å²) < 4.78 is 0. The molecule has 0 radical (unpaired) electrons. The Bertz CT molecular complexity index is 1010. The maximum absolute atomic E-state index is 13.7. The van der Waals surface area contributed by atoms with E-state index in [0.717, 1.165) is 11.1 Å². The highest BCUT2D eigenvalue weighted by molar-refractivity contribution is 7.81. The SMILES string of the molecule is CNC(=O)[C@H](Cc1ccc(O)cc1)NC(=O)[C@@H]1[C@@H](Cc2ccccc2)CCN1C(=O)[C@@H](S)C(C)C. The van der Waals surface area contributed by atoms with E-state index in [1.54, 1.807) is 29.2 Å². The predicted octanol–water partition coefficient (Wildman–Crippen LogP) is 2.58. The molecule has 35 heavy (non-hydrogen) atoms. The monoisotopic (exact) mass is 497 g/mol. The maximum Gasteiger partial charge on any atom is 0.243 e. The van der Waals surface area contributed by atoms with Crippen molar-refractivity contribution in [3.63, 3.8) is 0 Å². The van der Waals surface area contributed by atoms with Gasteiger partial charge in [0.25, 0.3) is 0 Å². The van der Waals surface area contributed by atoms with Crippen LogP contribution in [0.2, 0.25) is 0 Å². The highest BCUT2D eigenvalue weighted by Gasteiger charge is 2.44. The molecule has 1 aliphatic rings. The third-order valence-electron chi connectivity index (χ3n) is 6.56. The Balaban J connectivity index is 1.85. The first-order valence-electron chi connectivity index (χ1n) is 12.0. The van der Waals surface area contributed by atoms with E-state index in [1.165, 1.54) is 7.05 Å². The molecule has 2 aromatic carbocycles. The first-order valence-corrected chi connectivity index (χ1v) is 12.5. The summed E-state index contributed by atoms with van der Waals surface area (Å²) in [6.45, 7) is 4.34. The van der Waals surface area contributed by atoms with Crippen LogP contribution in [0.5, 0.6) is 5.75 Å². The van der Waals surface area contributed by atoms with Crippen LogP contribution < -0.4 is 10.6 Å². The average Bonchev–Trinajstić information content (AvgIpc) is 3.27. The summed E-state index contributed by atoms with van der Waals surface area (Å²) in [5.74, 6) is -0.743. The van der Waals surface area contributed by atoms with Crippen molar-refractivity contribution in [1.29, 1.82) is 0 Å². The number of aromatic hydroxyl groups is 1. The summed E-state index contributed by atoms with van der Waals surface area (Å²) in [4.78, 5) is 41.2. The van der Waals surface area contributed by atoms with Crippen molar-refractivity contribution in [2.24, 2.45) is 11.8 Å². The molecule has 1 heterocycles. The highest BCUT2D eigenvalue weighted by atomic mass is 32.1. The van der Waals surface area contributed by atoms with Gasteiger partial charge in [-0.1, -0.05) is 56.3 Å². The number of carbonyl (C=O) groups is 3. The fraction of sp³-hybridized carbons (Fsp3) is 0.444. The Hall–Kier alpha value is -3.00. The number of phenolic OH excluding ortho intramolecular Hbond substituents is 1. The molecule has 3 N–H and O–H groups in total. The van der Waals surface area contributed by atoms with Crippen LogP contribution in [0, 0.1) is 11.8 Å². The summed E-state index contributed by atoms with van der Waals surface area (Å²) in [6, 6.07) is 14.9. The lowest BCUT2D eigenvalue weighted by atomic mass is 9.91. The van der Waals surface area contributed by atoms with Gasteiger partial charge in [0.1, 0.15) is 17.8 Å². The lowest BCUT2D eigenvalue weighted by Gasteiger charge is -2.31. The van der Waals surface area contributed by atoms with Gasteiger partial charge in [-0.15, -0.1) is 0 Å². The van der Waals surface area contributed by atoms with E-state index < -0.39 is 17.3 Å². The van der Waals surface area contributed by atoms with E-state index in [2.05, 4.69) is 23.3 Å². The standard InChI is InChI=1S/C27H35N3O4S/c1-17(2)24(35)27(34)30-14-13-20(15-18-7-5-4-6-8-18)23(30)26(33)29-22(25(32)28-3)16-19-9-11-21(31)12-10-19/h4-12,17,20,22-24,31,35H,13-16H2,1-3H3,(H,28,32)(H,29,33)/t20-,22+,23+,24+/m1/s1. The van der Waals surface area contributed by atoms with E-state index in [4.69, 9.17) is 0 Å². The minimum absolute atomic E-state index is 0.0239. The summed E-state index contributed by atoms with van der Waals surface area (Å²) in [5, 5.41) is 14.6. The Morgan fingerprint density at radius 2 is 1.71 bits per heavy atom. The number of nitrogens with zero attached hydrogens (tertiary/aromatic N) is 1. The number of phenols is 1. The molecule has 0 spiro atoms. The molecule has 8 heteroatoms. The number of likely N-dealkylation sites (tertiary alicyclic amines) is 1. The molecule has 188 valence electrons. The normalized spacial score (nSPS) is 19.3. The lowest BCUT2D eigenvalue weighted by Crippen LogP contribution is -2.56. The Kier molecular flexibility index (Phi) is 9.20. The number of rotatable bonds is 9. The molecule has 0 aliphatic carbocycles. The molecule has 0 unspecified atom stereocenters. The molecule has 7 nitrogen and oxygen atoms in total. The van der Waals surface area contributed by atoms with E-state index in [1.807, 2.05) is 44.2 Å². The number of amides is 3. The van der Waals surface area contributed by atoms with Crippen molar-refractivity contribution < 1.29 is 19.5 Å². The Morgan fingerprint density at radius 1 is 1.06 bits per heavy atom. The van der Waals surface area contributed by atoms with Crippen LogP contribution in [0.3, 0.4) is 0 Å². The first-order chi connectivity index (χ1) is 16.7. The van der Waals surface area contributed by atoms with E-state index in [9.17, 15) is 19.5 Å². The number of likely N-dealkylation sites (N-methyl/N-ethyl adjacent to an activating group) is 1. The van der Waals surface area contributed by atoms with E-state index >= 15 is 0 Å². The van der Waals surface area contributed by atoms with Gasteiger partial charge in [-0.05, 0) is 47.9 Å². The Labute approximate surface area is 212 Å². The molecular weight excluding hydrogens is 462 g/mol. The number of hydrogen-bond donors (Lipinski definition) is 4. The number of thiol groups is 1. The van der Waals surface area contributed by atoms with Gasteiger partial charge in [0.15, 0.2) is 0 Å². The molecule has 0 aromatic heterocycles. The molecule has 0 bridgehead atoms. The van der Waals surface area contributed by atoms with Crippen LogP contribution in [-0.4, -0.2) is 58.7 Å². The average molecular weight is 498 g/mol. The minimum atomic E-state index is -0.816. The zero-order valence-electron chi connectivity index (χ0n) is 20.5. The van der Waals surface area contributed by atoms with Crippen LogP contribution in [0.15, 0.2) is 54.6 Å². The second-order valence-corrected chi connectivity index (χ2v) is 10.0. The molecule has 0 saturated carbocycles. The van der Waals surface area contributed by atoms with Gasteiger partial charge in [0, 0.05) is 20.0 Å². The topological polar surface area (TPSA) is 98.7 Å². The fourth-order valence-corrected chi connectivity index (χ4v) is 4.70. The summed E-state index contributed by atoms with van der Waals surface area (Å²) in [7, 11) is 1.52. The predicted molar refractivity (Wildman–Crippen MR) is 139 cm³/mol. The molecule has 3 rings (SSSR count). The van der Waals surface area contributed by atoms with Crippen molar-refractivity contribution in [2.45, 2.75) is 50.4 Å². The van der Waals surface area contributed by atoms with Crippen molar-refractivity contribution in [3.8, 4) is 5.75 Å². The van der Waals surface area contributed by atoms with Crippen molar-refractivity contribution in [3.05, 3.63) is 65.7 Å². The number of benzene rings is 2. The van der Waals surface area contributed by atoms with Crippen LogP contribution in [0.25, 0.3) is 0 Å². The molecule has 1 saturated heterocycles. The largest absolute Gasteiger partial charge is 0.508 e. The third-order valence-corrected chi connectivity index (χ3v) is 7.37. The van der Waals surface area contributed by atoms with Crippen molar-refractivity contribution in [2.75, 3.05) is 13.6 Å². The number of hydrogen-bond acceptors (Lipinski definition) is 5. The minimum Gasteiger partial charge on any atom is -0.508 e. The van der Waals surface area contributed by atoms with Gasteiger partial charge in [-0.2, -0.15) is 12.6 Å². The molecule has 1 fully saturated rings. The van der Waals surface area contributed by atoms with Gasteiger partial charge in [-0.3, -0.25) is 14.4 Å². The molecule has 3 amide bonds. The molecular formula is C27H35N3O4S.